The van der Waals surface area contributed by atoms with Crippen molar-refractivity contribution >= 4 is 0 Å². The Morgan fingerprint density at radius 1 is 1.16 bits per heavy atom. The van der Waals surface area contributed by atoms with Crippen molar-refractivity contribution in [2.24, 2.45) is 0 Å². The third-order valence-corrected chi connectivity index (χ3v) is 3.63. The van der Waals surface area contributed by atoms with Crippen LogP contribution in [0.25, 0.3) is 0 Å². The van der Waals surface area contributed by atoms with Crippen LogP contribution >= 0.6 is 0 Å². The van der Waals surface area contributed by atoms with Gasteiger partial charge in [-0.25, -0.2) is 4.79 Å². The van der Waals surface area contributed by atoms with Crippen LogP contribution < -0.4 is 11.2 Å². The van der Waals surface area contributed by atoms with E-state index in [1.165, 1.54) is 4.57 Å². The molecule has 0 radical (unpaired) electrons. The minimum absolute atomic E-state index is 0.0575. The van der Waals surface area contributed by atoms with Gasteiger partial charge < -0.3 is 0 Å². The van der Waals surface area contributed by atoms with Gasteiger partial charge in [-0.15, -0.1) is 0 Å². The van der Waals surface area contributed by atoms with Gasteiger partial charge in [0, 0.05) is 22.8 Å². The standard InChI is InChI=1S/C15H26N2O2/c1-8-9-10(2)16-13(18)11(3)12(4)17(14(16)19)15(5,6)7/h10H,8-9H2,1-7H3. The van der Waals surface area contributed by atoms with Gasteiger partial charge in [0.1, 0.15) is 0 Å². The largest absolute Gasteiger partial charge is 0.331 e. The lowest BCUT2D eigenvalue weighted by Gasteiger charge is -2.28. The Balaban J connectivity index is 3.73. The van der Waals surface area contributed by atoms with Gasteiger partial charge in [0.25, 0.3) is 5.56 Å². The van der Waals surface area contributed by atoms with Crippen LogP contribution in [0.4, 0.5) is 0 Å². The monoisotopic (exact) mass is 266 g/mol. The van der Waals surface area contributed by atoms with E-state index in [9.17, 15) is 9.59 Å². The first kappa shape index (κ1) is 15.7. The molecule has 0 bridgehead atoms. The molecule has 0 aliphatic carbocycles. The molecule has 0 fully saturated rings. The van der Waals surface area contributed by atoms with Gasteiger partial charge >= 0.3 is 5.69 Å². The molecule has 0 spiro atoms. The fourth-order valence-corrected chi connectivity index (χ4v) is 2.57. The molecule has 0 N–H and O–H groups in total. The van der Waals surface area contributed by atoms with E-state index in [0.717, 1.165) is 18.5 Å². The maximum Gasteiger partial charge on any atom is 0.331 e. The fourth-order valence-electron chi connectivity index (χ4n) is 2.57. The molecule has 19 heavy (non-hydrogen) atoms. The predicted molar refractivity (Wildman–Crippen MR) is 79.1 cm³/mol. The topological polar surface area (TPSA) is 44.0 Å². The van der Waals surface area contributed by atoms with E-state index in [1.807, 2.05) is 34.6 Å². The Morgan fingerprint density at radius 2 is 1.68 bits per heavy atom. The summed E-state index contributed by atoms with van der Waals surface area (Å²) in [4.78, 5) is 25.0. The van der Waals surface area contributed by atoms with Crippen molar-refractivity contribution in [2.45, 2.75) is 72.9 Å². The molecule has 4 heteroatoms. The highest BCUT2D eigenvalue weighted by Gasteiger charge is 2.23. The Labute approximate surface area is 115 Å². The van der Waals surface area contributed by atoms with Gasteiger partial charge in [-0.05, 0) is 48.0 Å². The van der Waals surface area contributed by atoms with E-state index in [4.69, 9.17) is 0 Å². The number of rotatable bonds is 3. The van der Waals surface area contributed by atoms with Crippen molar-refractivity contribution in [2.75, 3.05) is 0 Å². The number of aromatic nitrogens is 2. The summed E-state index contributed by atoms with van der Waals surface area (Å²) < 4.78 is 3.15. The van der Waals surface area contributed by atoms with Crippen LogP contribution in [0.2, 0.25) is 0 Å². The second-order valence-corrected chi connectivity index (χ2v) is 6.31. The van der Waals surface area contributed by atoms with Crippen molar-refractivity contribution in [3.8, 4) is 0 Å². The summed E-state index contributed by atoms with van der Waals surface area (Å²) in [7, 11) is 0. The van der Waals surface area contributed by atoms with Crippen LogP contribution in [-0.4, -0.2) is 9.13 Å². The molecule has 1 unspecified atom stereocenters. The lowest BCUT2D eigenvalue weighted by atomic mass is 10.1. The Hall–Kier alpha value is -1.32. The van der Waals surface area contributed by atoms with Crippen LogP contribution in [-0.2, 0) is 5.54 Å². The van der Waals surface area contributed by atoms with Gasteiger partial charge in [0.15, 0.2) is 0 Å². The molecule has 4 nitrogen and oxygen atoms in total. The zero-order valence-electron chi connectivity index (χ0n) is 13.2. The molecule has 1 atom stereocenters. The van der Waals surface area contributed by atoms with Gasteiger partial charge in [0.05, 0.1) is 0 Å². The smallest absolute Gasteiger partial charge is 0.292 e. The average molecular weight is 266 g/mol. The first-order chi connectivity index (χ1) is 8.62. The first-order valence-electron chi connectivity index (χ1n) is 6.98. The molecule has 0 aliphatic heterocycles. The van der Waals surface area contributed by atoms with Crippen LogP contribution in [0.1, 0.15) is 64.8 Å². The predicted octanol–water partition coefficient (Wildman–Crippen LogP) is 2.74. The van der Waals surface area contributed by atoms with E-state index in [-0.39, 0.29) is 22.8 Å². The van der Waals surface area contributed by atoms with Gasteiger partial charge in [-0.1, -0.05) is 13.3 Å². The summed E-state index contributed by atoms with van der Waals surface area (Å²) in [6.45, 7) is 13.6. The van der Waals surface area contributed by atoms with Gasteiger partial charge in [0.2, 0.25) is 0 Å². The third kappa shape index (κ3) is 2.82. The molecule has 1 aromatic rings. The summed E-state index contributed by atoms with van der Waals surface area (Å²) in [5.41, 5.74) is 0.762. The molecular formula is C15H26N2O2. The molecule has 1 rings (SSSR count). The molecule has 0 amide bonds. The highest BCUT2D eigenvalue weighted by molar-refractivity contribution is 5.16. The highest BCUT2D eigenvalue weighted by atomic mass is 16.2. The van der Waals surface area contributed by atoms with E-state index >= 15 is 0 Å². The summed E-state index contributed by atoms with van der Waals surface area (Å²) in [5.74, 6) is 0. The molecular weight excluding hydrogens is 240 g/mol. The molecule has 108 valence electrons. The molecule has 0 saturated heterocycles. The lowest BCUT2D eigenvalue weighted by molar-refractivity contribution is 0.336. The Kier molecular flexibility index (Phi) is 4.43. The minimum atomic E-state index is -0.326. The number of hydrogen-bond acceptors (Lipinski definition) is 2. The van der Waals surface area contributed by atoms with Crippen LogP contribution in [0.5, 0.6) is 0 Å². The summed E-state index contributed by atoms with van der Waals surface area (Å²) >= 11 is 0. The summed E-state index contributed by atoms with van der Waals surface area (Å²) in [6, 6.07) is -0.0575. The first-order valence-corrected chi connectivity index (χ1v) is 6.98. The molecule has 0 saturated carbocycles. The van der Waals surface area contributed by atoms with Crippen LogP contribution in [0.3, 0.4) is 0 Å². The SMILES string of the molecule is CCCC(C)n1c(=O)c(C)c(C)n(C(C)(C)C)c1=O. The maximum atomic E-state index is 12.7. The van der Waals surface area contributed by atoms with Crippen molar-refractivity contribution in [1.29, 1.82) is 0 Å². The summed E-state index contributed by atoms with van der Waals surface area (Å²) in [5, 5.41) is 0. The van der Waals surface area contributed by atoms with E-state index in [2.05, 4.69) is 6.92 Å². The summed E-state index contributed by atoms with van der Waals surface area (Å²) in [6.07, 6.45) is 1.79. The Bertz CT molecular complexity index is 574. The molecule has 1 heterocycles. The lowest BCUT2D eigenvalue weighted by Crippen LogP contribution is -2.48. The quantitative estimate of drug-likeness (QED) is 0.844. The number of nitrogens with zero attached hydrogens (tertiary/aromatic N) is 2. The highest BCUT2D eigenvalue weighted by Crippen LogP contribution is 2.16. The molecule has 0 aliphatic rings. The van der Waals surface area contributed by atoms with E-state index < -0.39 is 0 Å². The van der Waals surface area contributed by atoms with Crippen molar-refractivity contribution in [3.63, 3.8) is 0 Å². The van der Waals surface area contributed by atoms with E-state index in [1.54, 1.807) is 11.5 Å². The minimum Gasteiger partial charge on any atom is -0.292 e. The molecule has 1 aromatic heterocycles. The maximum absolute atomic E-state index is 12.7. The van der Waals surface area contributed by atoms with Gasteiger partial charge in [-0.2, -0.15) is 0 Å². The number of hydrogen-bond donors (Lipinski definition) is 0. The second kappa shape index (κ2) is 5.35. The van der Waals surface area contributed by atoms with Crippen molar-refractivity contribution < 1.29 is 0 Å². The zero-order valence-corrected chi connectivity index (χ0v) is 13.2. The average Bonchev–Trinajstić information content (AvgIpc) is 2.24. The fraction of sp³-hybridized carbons (Fsp3) is 0.733. The normalized spacial score (nSPS) is 13.6. The van der Waals surface area contributed by atoms with Crippen LogP contribution in [0, 0.1) is 13.8 Å². The Morgan fingerprint density at radius 3 is 2.11 bits per heavy atom. The second-order valence-electron chi connectivity index (χ2n) is 6.31. The van der Waals surface area contributed by atoms with Crippen LogP contribution in [0.15, 0.2) is 9.59 Å². The zero-order chi connectivity index (χ0) is 15.0. The third-order valence-electron chi connectivity index (χ3n) is 3.63. The van der Waals surface area contributed by atoms with Crippen molar-refractivity contribution in [3.05, 3.63) is 32.1 Å². The van der Waals surface area contributed by atoms with Crippen molar-refractivity contribution in [1.82, 2.24) is 9.13 Å². The molecule has 0 aromatic carbocycles. The van der Waals surface area contributed by atoms with Gasteiger partial charge in [-0.3, -0.25) is 13.9 Å². The van der Waals surface area contributed by atoms with E-state index in [0.29, 0.717) is 5.56 Å².